The monoisotopic (exact) mass is 295 g/mol. The molecule has 3 aliphatic heterocycles. The van der Waals surface area contributed by atoms with Crippen molar-refractivity contribution in [3.05, 3.63) is 30.3 Å². The summed E-state index contributed by atoms with van der Waals surface area (Å²) < 4.78 is 16.9. The van der Waals surface area contributed by atoms with E-state index in [4.69, 9.17) is 14.2 Å². The maximum absolute atomic E-state index is 10.2. The van der Waals surface area contributed by atoms with Crippen molar-refractivity contribution in [2.45, 2.75) is 37.1 Å². The standard InChI is InChI=1S/C15H21NO5/c17-12-13(18)15-20-8-4-7-19-14(12)11(21-15)9-16-10-5-2-1-3-6-10/h1-3,5-6,11-18H,4,7-9H2. The number of hydrogen-bond acceptors (Lipinski definition) is 6. The maximum atomic E-state index is 10.2. The van der Waals surface area contributed by atoms with Gasteiger partial charge in [0.15, 0.2) is 6.29 Å². The molecule has 5 unspecified atom stereocenters. The molecule has 21 heavy (non-hydrogen) atoms. The summed E-state index contributed by atoms with van der Waals surface area (Å²) in [7, 11) is 0. The van der Waals surface area contributed by atoms with Crippen LogP contribution < -0.4 is 5.32 Å². The number of anilines is 1. The fraction of sp³-hybridized carbons (Fsp3) is 0.600. The van der Waals surface area contributed by atoms with Crippen molar-refractivity contribution in [3.8, 4) is 0 Å². The summed E-state index contributed by atoms with van der Waals surface area (Å²) in [6, 6.07) is 9.74. The highest BCUT2D eigenvalue weighted by atomic mass is 16.7. The number of nitrogens with one attached hydrogen (secondary N) is 1. The van der Waals surface area contributed by atoms with Gasteiger partial charge in [0.05, 0.1) is 6.61 Å². The van der Waals surface area contributed by atoms with Gasteiger partial charge in [-0.15, -0.1) is 0 Å². The van der Waals surface area contributed by atoms with Gasteiger partial charge in [0.2, 0.25) is 0 Å². The van der Waals surface area contributed by atoms with Crippen LogP contribution in [0.4, 0.5) is 5.69 Å². The van der Waals surface area contributed by atoms with Crippen molar-refractivity contribution in [3.63, 3.8) is 0 Å². The molecule has 1 aromatic rings. The number of fused-ring (bicyclic) bond motifs is 6. The summed E-state index contributed by atoms with van der Waals surface area (Å²) in [5.41, 5.74) is 0.966. The molecule has 6 heteroatoms. The molecule has 0 amide bonds. The largest absolute Gasteiger partial charge is 0.387 e. The number of aliphatic hydroxyl groups is 2. The van der Waals surface area contributed by atoms with Crippen molar-refractivity contribution >= 4 is 5.69 Å². The first kappa shape index (κ1) is 14.7. The third kappa shape index (κ3) is 3.36. The summed E-state index contributed by atoms with van der Waals surface area (Å²) in [4.78, 5) is 0. The molecule has 3 aliphatic rings. The van der Waals surface area contributed by atoms with E-state index in [0.717, 1.165) is 5.69 Å². The highest BCUT2D eigenvalue weighted by Crippen LogP contribution is 2.26. The molecule has 0 aromatic heterocycles. The van der Waals surface area contributed by atoms with Crippen LogP contribution in [-0.4, -0.2) is 60.7 Å². The van der Waals surface area contributed by atoms with Gasteiger partial charge < -0.3 is 29.7 Å². The Labute approximate surface area is 123 Å². The van der Waals surface area contributed by atoms with Crippen LogP contribution in [0.25, 0.3) is 0 Å². The first-order chi connectivity index (χ1) is 10.3. The molecule has 5 atom stereocenters. The number of benzene rings is 1. The van der Waals surface area contributed by atoms with Crippen LogP contribution in [-0.2, 0) is 14.2 Å². The Morgan fingerprint density at radius 2 is 1.81 bits per heavy atom. The molecule has 1 aromatic carbocycles. The topological polar surface area (TPSA) is 80.2 Å². The quantitative estimate of drug-likeness (QED) is 0.747. The summed E-state index contributed by atoms with van der Waals surface area (Å²) in [5.74, 6) is 0. The molecule has 3 N–H and O–H groups in total. The molecule has 0 radical (unpaired) electrons. The molecule has 3 fully saturated rings. The Bertz CT molecular complexity index is 441. The predicted molar refractivity (Wildman–Crippen MR) is 75.9 cm³/mol. The molecule has 0 aliphatic carbocycles. The van der Waals surface area contributed by atoms with Crippen LogP contribution in [0.3, 0.4) is 0 Å². The van der Waals surface area contributed by atoms with E-state index in [1.807, 2.05) is 30.3 Å². The molecule has 0 saturated carbocycles. The number of ether oxygens (including phenoxy) is 3. The maximum Gasteiger partial charge on any atom is 0.186 e. The smallest absolute Gasteiger partial charge is 0.186 e. The van der Waals surface area contributed by atoms with Crippen LogP contribution in [0.2, 0.25) is 0 Å². The van der Waals surface area contributed by atoms with Crippen molar-refractivity contribution in [1.29, 1.82) is 0 Å². The SMILES string of the molecule is OC1C2OCCCOC(C(CNc3ccccc3)O2)C1O. The molecular weight excluding hydrogens is 274 g/mol. The zero-order valence-corrected chi connectivity index (χ0v) is 11.7. The zero-order valence-electron chi connectivity index (χ0n) is 11.7. The van der Waals surface area contributed by atoms with E-state index in [1.54, 1.807) is 0 Å². The lowest BCUT2D eigenvalue weighted by atomic mass is 9.98. The van der Waals surface area contributed by atoms with Crippen LogP contribution in [0.15, 0.2) is 30.3 Å². The zero-order chi connectivity index (χ0) is 14.7. The van der Waals surface area contributed by atoms with E-state index in [1.165, 1.54) is 0 Å². The van der Waals surface area contributed by atoms with Gasteiger partial charge in [-0.1, -0.05) is 18.2 Å². The molecular formula is C15H21NO5. The first-order valence-corrected chi connectivity index (χ1v) is 7.29. The Morgan fingerprint density at radius 1 is 1.05 bits per heavy atom. The lowest BCUT2D eigenvalue weighted by Gasteiger charge is -2.41. The van der Waals surface area contributed by atoms with Gasteiger partial charge in [-0.25, -0.2) is 0 Å². The van der Waals surface area contributed by atoms with Gasteiger partial charge >= 0.3 is 0 Å². The fourth-order valence-corrected chi connectivity index (χ4v) is 2.67. The van der Waals surface area contributed by atoms with Gasteiger partial charge in [0.25, 0.3) is 0 Å². The van der Waals surface area contributed by atoms with Gasteiger partial charge in [-0.2, -0.15) is 0 Å². The Hall–Kier alpha value is -1.18. The number of para-hydroxylation sites is 1. The lowest BCUT2D eigenvalue weighted by molar-refractivity contribution is -0.291. The molecule has 116 valence electrons. The van der Waals surface area contributed by atoms with Crippen molar-refractivity contribution in [2.24, 2.45) is 0 Å². The van der Waals surface area contributed by atoms with E-state index in [-0.39, 0.29) is 6.10 Å². The van der Waals surface area contributed by atoms with Gasteiger partial charge in [0, 0.05) is 18.8 Å². The highest BCUT2D eigenvalue weighted by molar-refractivity contribution is 5.42. The number of rotatable bonds is 3. The summed E-state index contributed by atoms with van der Waals surface area (Å²) >= 11 is 0. The molecule has 6 nitrogen and oxygen atoms in total. The minimum absolute atomic E-state index is 0.383. The summed E-state index contributed by atoms with van der Waals surface area (Å²) in [5, 5.41) is 23.5. The normalized spacial score (nSPS) is 36.6. The van der Waals surface area contributed by atoms with Crippen LogP contribution >= 0.6 is 0 Å². The summed E-state index contributed by atoms with van der Waals surface area (Å²) in [6.07, 6.45) is -3.12. The van der Waals surface area contributed by atoms with Crippen LogP contribution in [0, 0.1) is 0 Å². The lowest BCUT2D eigenvalue weighted by Crippen LogP contribution is -2.60. The van der Waals surface area contributed by atoms with Gasteiger partial charge in [-0.3, -0.25) is 0 Å². The average molecular weight is 295 g/mol. The highest BCUT2D eigenvalue weighted by Gasteiger charge is 2.46. The second kappa shape index (κ2) is 6.72. The number of aliphatic hydroxyl groups excluding tert-OH is 2. The Kier molecular flexibility index (Phi) is 4.72. The van der Waals surface area contributed by atoms with Crippen molar-refractivity contribution in [1.82, 2.24) is 0 Å². The molecule has 0 spiro atoms. The first-order valence-electron chi connectivity index (χ1n) is 7.29. The third-order valence-electron chi connectivity index (χ3n) is 3.80. The van der Waals surface area contributed by atoms with Gasteiger partial charge in [-0.05, 0) is 18.6 Å². The van der Waals surface area contributed by atoms with Crippen molar-refractivity contribution in [2.75, 3.05) is 25.1 Å². The third-order valence-corrected chi connectivity index (χ3v) is 3.80. The fourth-order valence-electron chi connectivity index (χ4n) is 2.67. The molecule has 3 heterocycles. The minimum atomic E-state index is -1.08. The minimum Gasteiger partial charge on any atom is -0.387 e. The second-order valence-electron chi connectivity index (χ2n) is 5.33. The van der Waals surface area contributed by atoms with E-state index >= 15 is 0 Å². The van der Waals surface area contributed by atoms with Crippen molar-refractivity contribution < 1.29 is 24.4 Å². The Balaban J connectivity index is 1.68. The number of hydrogen-bond donors (Lipinski definition) is 3. The van der Waals surface area contributed by atoms with E-state index < -0.39 is 24.6 Å². The molecule has 3 saturated heterocycles. The Morgan fingerprint density at radius 3 is 2.62 bits per heavy atom. The van der Waals surface area contributed by atoms with E-state index in [9.17, 15) is 10.2 Å². The van der Waals surface area contributed by atoms with E-state index in [0.29, 0.717) is 26.2 Å². The molecule has 2 bridgehead atoms. The van der Waals surface area contributed by atoms with E-state index in [2.05, 4.69) is 5.32 Å². The summed E-state index contributed by atoms with van der Waals surface area (Å²) in [6.45, 7) is 1.39. The predicted octanol–water partition coefficient (Wildman–Crippen LogP) is 0.351. The second-order valence-corrected chi connectivity index (χ2v) is 5.33. The van der Waals surface area contributed by atoms with Gasteiger partial charge in [0.1, 0.15) is 24.4 Å². The van der Waals surface area contributed by atoms with Crippen LogP contribution in [0.1, 0.15) is 6.42 Å². The molecule has 4 rings (SSSR count). The van der Waals surface area contributed by atoms with Crippen LogP contribution in [0.5, 0.6) is 0 Å². The average Bonchev–Trinajstić information content (AvgIpc) is 2.65.